The number of nitrogens with zero attached hydrogens (tertiary/aromatic N) is 1. The van der Waals surface area contributed by atoms with Gasteiger partial charge in [0.15, 0.2) is 0 Å². The maximum atomic E-state index is 13.8. The molecular weight excluding hydrogens is 435 g/mol. The summed E-state index contributed by atoms with van der Waals surface area (Å²) in [7, 11) is 0. The van der Waals surface area contributed by atoms with Gasteiger partial charge < -0.3 is 4.74 Å². The molecule has 3 nitrogen and oxygen atoms in total. The molecule has 2 aromatic carbocycles. The summed E-state index contributed by atoms with van der Waals surface area (Å²) >= 11 is 3.23. The minimum atomic E-state index is -1.05. The van der Waals surface area contributed by atoms with Gasteiger partial charge in [-0.05, 0) is 47.8 Å². The Morgan fingerprint density at radius 2 is 1.57 bits per heavy atom. The number of pyridine rings is 1. The van der Waals surface area contributed by atoms with E-state index in [-0.39, 0.29) is 15.8 Å². The first-order valence-corrected chi connectivity index (χ1v) is 9.25. The maximum absolute atomic E-state index is 13.8. The molecule has 0 saturated heterocycles. The van der Waals surface area contributed by atoms with Crippen LogP contribution in [0.3, 0.4) is 0 Å². The van der Waals surface area contributed by atoms with Crippen LogP contribution in [0.4, 0.5) is 13.2 Å². The van der Waals surface area contributed by atoms with Crippen LogP contribution in [-0.2, 0) is 6.61 Å². The monoisotopic (exact) mass is 451 g/mol. The normalized spacial score (nSPS) is 11.0. The molecule has 0 bridgehead atoms. The molecule has 0 saturated carbocycles. The van der Waals surface area contributed by atoms with Crippen LogP contribution in [0.1, 0.15) is 22.4 Å². The van der Waals surface area contributed by atoms with Gasteiger partial charge in [-0.3, -0.25) is 9.36 Å². The highest BCUT2D eigenvalue weighted by molar-refractivity contribution is 9.10. The standard InChI is InChI=1S/C21H17BrF3NO2/c1-11-5-4-6-12(2)20(11)26-13(3)7-18(19(22)21(26)27)28-10-15-16(24)8-14(23)9-17(15)25/h4-9H,10H2,1-3H3. The maximum Gasteiger partial charge on any atom is 0.273 e. The number of ether oxygens (including phenoxy) is 1. The van der Waals surface area contributed by atoms with Gasteiger partial charge >= 0.3 is 0 Å². The number of hydrogen-bond acceptors (Lipinski definition) is 2. The van der Waals surface area contributed by atoms with E-state index in [1.54, 1.807) is 17.6 Å². The van der Waals surface area contributed by atoms with Crippen molar-refractivity contribution in [3.05, 3.63) is 91.1 Å². The van der Waals surface area contributed by atoms with E-state index in [0.717, 1.165) is 16.8 Å². The Morgan fingerprint density at radius 1 is 1.00 bits per heavy atom. The van der Waals surface area contributed by atoms with Crippen molar-refractivity contribution in [2.45, 2.75) is 27.4 Å². The van der Waals surface area contributed by atoms with E-state index in [1.165, 1.54) is 0 Å². The number of aryl methyl sites for hydroxylation is 3. The number of hydrogen-bond donors (Lipinski definition) is 0. The van der Waals surface area contributed by atoms with E-state index in [4.69, 9.17) is 4.74 Å². The van der Waals surface area contributed by atoms with E-state index in [1.807, 2.05) is 32.0 Å². The molecule has 0 aliphatic rings. The molecule has 0 aliphatic carbocycles. The summed E-state index contributed by atoms with van der Waals surface area (Å²) in [6, 6.07) is 8.50. The second kappa shape index (κ2) is 7.83. The summed E-state index contributed by atoms with van der Waals surface area (Å²) in [6.45, 7) is 5.08. The lowest BCUT2D eigenvalue weighted by Gasteiger charge is -2.18. The van der Waals surface area contributed by atoms with E-state index in [9.17, 15) is 18.0 Å². The molecule has 0 atom stereocenters. The number of benzene rings is 2. The lowest BCUT2D eigenvalue weighted by molar-refractivity contribution is 0.288. The van der Waals surface area contributed by atoms with Crippen LogP contribution in [0.5, 0.6) is 5.75 Å². The summed E-state index contributed by atoms with van der Waals surface area (Å²) in [6.07, 6.45) is 0. The zero-order valence-corrected chi connectivity index (χ0v) is 17.0. The van der Waals surface area contributed by atoms with Gasteiger partial charge in [0.2, 0.25) is 0 Å². The molecular formula is C21H17BrF3NO2. The SMILES string of the molecule is Cc1cccc(C)c1-n1c(C)cc(OCc2c(F)cc(F)cc2F)c(Br)c1=O. The number of para-hydroxylation sites is 1. The molecule has 0 unspecified atom stereocenters. The van der Waals surface area contributed by atoms with Crippen molar-refractivity contribution in [3.63, 3.8) is 0 Å². The molecule has 0 fully saturated rings. The highest BCUT2D eigenvalue weighted by Crippen LogP contribution is 2.27. The molecule has 0 radical (unpaired) electrons. The van der Waals surface area contributed by atoms with Gasteiger partial charge in [-0.2, -0.15) is 0 Å². The topological polar surface area (TPSA) is 31.2 Å². The minimum Gasteiger partial charge on any atom is -0.487 e. The van der Waals surface area contributed by atoms with E-state index in [0.29, 0.717) is 17.8 Å². The third kappa shape index (κ3) is 3.71. The van der Waals surface area contributed by atoms with Gasteiger partial charge in [0, 0.05) is 23.9 Å². The summed E-state index contributed by atoms with van der Waals surface area (Å²) in [5.41, 5.74) is 2.47. The quantitative estimate of drug-likeness (QED) is 0.522. The van der Waals surface area contributed by atoms with E-state index in [2.05, 4.69) is 15.9 Å². The Labute approximate surface area is 168 Å². The first kappa shape index (κ1) is 20.2. The molecule has 28 heavy (non-hydrogen) atoms. The molecule has 0 N–H and O–H groups in total. The van der Waals surface area contributed by atoms with Crippen molar-refractivity contribution in [1.82, 2.24) is 4.57 Å². The molecule has 3 aromatic rings. The van der Waals surface area contributed by atoms with Crippen LogP contribution in [0, 0.1) is 38.2 Å². The van der Waals surface area contributed by atoms with Crippen molar-refractivity contribution in [3.8, 4) is 11.4 Å². The number of rotatable bonds is 4. The highest BCUT2D eigenvalue weighted by Gasteiger charge is 2.18. The Bertz CT molecular complexity index is 1080. The first-order chi connectivity index (χ1) is 13.2. The van der Waals surface area contributed by atoms with Crippen molar-refractivity contribution >= 4 is 15.9 Å². The second-order valence-corrected chi connectivity index (χ2v) is 7.27. The molecule has 7 heteroatoms. The first-order valence-electron chi connectivity index (χ1n) is 8.45. The molecule has 3 rings (SSSR count). The molecule has 0 amide bonds. The third-order valence-corrected chi connectivity index (χ3v) is 5.17. The predicted molar refractivity (Wildman–Crippen MR) is 105 cm³/mol. The summed E-state index contributed by atoms with van der Waals surface area (Å²) in [4.78, 5) is 12.9. The van der Waals surface area contributed by atoms with Crippen molar-refractivity contribution in [2.75, 3.05) is 0 Å². The molecule has 1 aromatic heterocycles. The van der Waals surface area contributed by atoms with E-state index >= 15 is 0 Å². The lowest BCUT2D eigenvalue weighted by Crippen LogP contribution is -2.23. The average molecular weight is 452 g/mol. The van der Waals surface area contributed by atoms with Gasteiger partial charge in [0.25, 0.3) is 5.56 Å². The van der Waals surface area contributed by atoms with Crippen LogP contribution in [-0.4, -0.2) is 4.57 Å². The molecule has 0 spiro atoms. The van der Waals surface area contributed by atoms with Crippen molar-refractivity contribution < 1.29 is 17.9 Å². The van der Waals surface area contributed by atoms with Gasteiger partial charge in [-0.25, -0.2) is 13.2 Å². The van der Waals surface area contributed by atoms with Gasteiger partial charge in [-0.15, -0.1) is 0 Å². The van der Waals surface area contributed by atoms with Gasteiger partial charge in [0.05, 0.1) is 11.3 Å². The van der Waals surface area contributed by atoms with Crippen molar-refractivity contribution in [1.29, 1.82) is 0 Å². The molecule has 146 valence electrons. The smallest absolute Gasteiger partial charge is 0.273 e. The largest absolute Gasteiger partial charge is 0.487 e. The summed E-state index contributed by atoms with van der Waals surface area (Å²) in [5.74, 6) is -2.96. The summed E-state index contributed by atoms with van der Waals surface area (Å²) < 4.78 is 47.8. The van der Waals surface area contributed by atoms with Crippen LogP contribution < -0.4 is 10.3 Å². The van der Waals surface area contributed by atoms with E-state index < -0.39 is 29.6 Å². The Hall–Kier alpha value is -2.54. The third-order valence-electron chi connectivity index (χ3n) is 4.44. The van der Waals surface area contributed by atoms with Gasteiger partial charge in [-0.1, -0.05) is 18.2 Å². The fourth-order valence-electron chi connectivity index (χ4n) is 3.08. The number of halogens is 4. The molecule has 1 heterocycles. The fraction of sp³-hybridized carbons (Fsp3) is 0.190. The zero-order chi connectivity index (χ0) is 20.6. The fourth-order valence-corrected chi connectivity index (χ4v) is 3.49. The summed E-state index contributed by atoms with van der Waals surface area (Å²) in [5, 5.41) is 0. The predicted octanol–water partition coefficient (Wildman–Crippen LogP) is 5.52. The minimum absolute atomic E-state index is 0.128. The van der Waals surface area contributed by atoms with Crippen LogP contribution >= 0.6 is 15.9 Å². The Balaban J connectivity index is 2.01. The zero-order valence-electron chi connectivity index (χ0n) is 15.4. The van der Waals surface area contributed by atoms with Crippen LogP contribution in [0.25, 0.3) is 5.69 Å². The second-order valence-electron chi connectivity index (χ2n) is 6.48. The lowest BCUT2D eigenvalue weighted by atomic mass is 10.1. The average Bonchev–Trinajstić information content (AvgIpc) is 2.60. The molecule has 0 aliphatic heterocycles. The van der Waals surface area contributed by atoms with Gasteiger partial charge in [0.1, 0.15) is 34.3 Å². The van der Waals surface area contributed by atoms with Crippen LogP contribution in [0.15, 0.2) is 45.7 Å². The Morgan fingerprint density at radius 3 is 2.14 bits per heavy atom. The number of aromatic nitrogens is 1. The van der Waals surface area contributed by atoms with Crippen LogP contribution in [0.2, 0.25) is 0 Å². The van der Waals surface area contributed by atoms with Crippen molar-refractivity contribution in [2.24, 2.45) is 0 Å². The highest BCUT2D eigenvalue weighted by atomic mass is 79.9. The Kier molecular flexibility index (Phi) is 5.65.